The molecule has 2 aromatic rings. The molecule has 0 unspecified atom stereocenters. The van der Waals surface area contributed by atoms with E-state index in [1.807, 2.05) is 32.3 Å². The van der Waals surface area contributed by atoms with Crippen LogP contribution in [-0.2, 0) is 13.0 Å². The first kappa shape index (κ1) is 24.6. The number of benzene rings is 1. The van der Waals surface area contributed by atoms with Crippen LogP contribution in [0, 0.1) is 12.3 Å². The van der Waals surface area contributed by atoms with Gasteiger partial charge in [0.05, 0.1) is 11.4 Å². The molecule has 166 valence electrons. The van der Waals surface area contributed by atoms with Gasteiger partial charge in [-0.2, -0.15) is 0 Å². The van der Waals surface area contributed by atoms with Crippen molar-refractivity contribution in [1.82, 2.24) is 15.2 Å². The molecule has 1 aliphatic carbocycles. The fourth-order valence-corrected chi connectivity index (χ4v) is 4.02. The summed E-state index contributed by atoms with van der Waals surface area (Å²) in [6, 6.07) is 8.67. The fraction of sp³-hybridized carbons (Fsp3) is 0.423. The molecular formula is C26H36N4O. The molecule has 1 aliphatic rings. The third-order valence-corrected chi connectivity index (χ3v) is 5.79. The topological polar surface area (TPSA) is 69.1 Å². The average Bonchev–Trinajstić information content (AvgIpc) is 3.31. The molecule has 0 amide bonds. The summed E-state index contributed by atoms with van der Waals surface area (Å²) < 4.78 is 0. The summed E-state index contributed by atoms with van der Waals surface area (Å²) in [6.45, 7) is 6.54. The zero-order chi connectivity index (χ0) is 22.8. The number of aryl methyl sites for hydroxylation is 1. The van der Waals surface area contributed by atoms with Crippen molar-refractivity contribution in [2.45, 2.75) is 51.6 Å². The van der Waals surface area contributed by atoms with Crippen molar-refractivity contribution in [2.24, 2.45) is 0 Å². The summed E-state index contributed by atoms with van der Waals surface area (Å²) in [5, 5.41) is 10.5. The molecule has 31 heavy (non-hydrogen) atoms. The van der Waals surface area contributed by atoms with Crippen LogP contribution in [0.4, 0.5) is 0 Å². The zero-order valence-electron chi connectivity index (χ0n) is 19.4. The fourth-order valence-electron chi connectivity index (χ4n) is 4.02. The Morgan fingerprint density at radius 1 is 1.26 bits per heavy atom. The summed E-state index contributed by atoms with van der Waals surface area (Å²) in [5.41, 5.74) is 6.24. The second-order valence-electron chi connectivity index (χ2n) is 8.30. The van der Waals surface area contributed by atoms with Gasteiger partial charge in [0.2, 0.25) is 0 Å². The van der Waals surface area contributed by atoms with Gasteiger partial charge in [0.15, 0.2) is 0 Å². The normalized spacial score (nSPS) is 13.6. The van der Waals surface area contributed by atoms with E-state index in [9.17, 15) is 4.79 Å². The van der Waals surface area contributed by atoms with Crippen LogP contribution >= 0.6 is 0 Å². The molecule has 5 nitrogen and oxygen atoms in total. The SMILES string of the molecule is C=CC(=N)c1ccc(Cc2cc(C=O)c(CN(C)C3CCCC3)cc2C)cn1.CNC. The minimum absolute atomic E-state index is 0.321. The lowest BCUT2D eigenvalue weighted by Gasteiger charge is -2.25. The first-order valence-electron chi connectivity index (χ1n) is 11.0. The molecule has 2 N–H and O–H groups in total. The molecule has 1 fully saturated rings. The number of hydrogen-bond acceptors (Lipinski definition) is 5. The number of allylic oxidation sites excluding steroid dienone is 1. The van der Waals surface area contributed by atoms with E-state index in [1.165, 1.54) is 37.3 Å². The Hall–Kier alpha value is -2.63. The highest BCUT2D eigenvalue weighted by Crippen LogP contribution is 2.25. The van der Waals surface area contributed by atoms with E-state index in [0.29, 0.717) is 17.4 Å². The van der Waals surface area contributed by atoms with Gasteiger partial charge < -0.3 is 5.32 Å². The highest BCUT2D eigenvalue weighted by atomic mass is 16.1. The van der Waals surface area contributed by atoms with Gasteiger partial charge in [0.1, 0.15) is 6.29 Å². The summed E-state index contributed by atoms with van der Waals surface area (Å²) in [7, 11) is 5.92. The summed E-state index contributed by atoms with van der Waals surface area (Å²) in [4.78, 5) is 18.5. The molecule has 1 aromatic heterocycles. The number of nitrogens with zero attached hydrogens (tertiary/aromatic N) is 2. The van der Waals surface area contributed by atoms with Crippen molar-refractivity contribution >= 4 is 12.0 Å². The molecule has 1 heterocycles. The van der Waals surface area contributed by atoms with Crippen LogP contribution in [0.2, 0.25) is 0 Å². The van der Waals surface area contributed by atoms with Crippen molar-refractivity contribution < 1.29 is 4.79 Å². The highest BCUT2D eigenvalue weighted by Gasteiger charge is 2.20. The molecule has 1 aromatic carbocycles. The Morgan fingerprint density at radius 3 is 2.48 bits per heavy atom. The average molecular weight is 421 g/mol. The Morgan fingerprint density at radius 2 is 1.94 bits per heavy atom. The predicted molar refractivity (Wildman–Crippen MR) is 129 cm³/mol. The molecule has 0 radical (unpaired) electrons. The van der Waals surface area contributed by atoms with E-state index in [1.54, 1.807) is 6.20 Å². The summed E-state index contributed by atoms with van der Waals surface area (Å²) in [6.07, 6.45) is 10.1. The Balaban J connectivity index is 0.00000107. The lowest BCUT2D eigenvalue weighted by Crippen LogP contribution is -2.29. The van der Waals surface area contributed by atoms with Crippen LogP contribution in [0.25, 0.3) is 0 Å². The number of rotatable bonds is 8. The number of carbonyl (C=O) groups excluding carboxylic acids is 1. The lowest BCUT2D eigenvalue weighted by atomic mass is 9.95. The van der Waals surface area contributed by atoms with E-state index >= 15 is 0 Å². The maximum Gasteiger partial charge on any atom is 0.150 e. The van der Waals surface area contributed by atoms with Crippen LogP contribution in [-0.4, -0.2) is 49.1 Å². The van der Waals surface area contributed by atoms with E-state index in [0.717, 1.165) is 41.5 Å². The standard InChI is InChI=1S/C24H29N3O.C2H7N/c1-4-23(25)24-10-9-18(14-26-24)12-19-13-21(16-28)20(11-17(19)2)15-27(3)22-7-5-6-8-22;1-3-2/h4,9-11,13-14,16,22,25H,1,5-8,12,15H2,2-3H3;3H,1-2H3. The van der Waals surface area contributed by atoms with E-state index < -0.39 is 0 Å². The third-order valence-electron chi connectivity index (χ3n) is 5.79. The maximum atomic E-state index is 11.7. The number of carbonyl (C=O) groups is 1. The first-order valence-corrected chi connectivity index (χ1v) is 11.0. The van der Waals surface area contributed by atoms with Crippen molar-refractivity contribution in [1.29, 1.82) is 5.41 Å². The van der Waals surface area contributed by atoms with Gasteiger partial charge in [-0.15, -0.1) is 0 Å². The molecule has 0 atom stereocenters. The summed E-state index contributed by atoms with van der Waals surface area (Å²) in [5.74, 6) is 0. The highest BCUT2D eigenvalue weighted by molar-refractivity contribution is 6.04. The molecule has 0 aliphatic heterocycles. The van der Waals surface area contributed by atoms with Crippen LogP contribution in [0.15, 0.2) is 43.1 Å². The van der Waals surface area contributed by atoms with Crippen molar-refractivity contribution in [3.63, 3.8) is 0 Å². The summed E-state index contributed by atoms with van der Waals surface area (Å²) >= 11 is 0. The van der Waals surface area contributed by atoms with Gasteiger partial charge in [0.25, 0.3) is 0 Å². The molecule has 3 rings (SSSR count). The number of hydrogen-bond donors (Lipinski definition) is 2. The van der Waals surface area contributed by atoms with Gasteiger partial charge in [-0.3, -0.25) is 20.1 Å². The van der Waals surface area contributed by atoms with Gasteiger partial charge in [-0.1, -0.05) is 31.6 Å². The van der Waals surface area contributed by atoms with Crippen LogP contribution in [0.1, 0.15) is 64.0 Å². The quantitative estimate of drug-likeness (QED) is 0.485. The number of nitrogens with one attached hydrogen (secondary N) is 2. The van der Waals surface area contributed by atoms with Crippen LogP contribution in [0.5, 0.6) is 0 Å². The maximum absolute atomic E-state index is 11.7. The van der Waals surface area contributed by atoms with Gasteiger partial charge in [-0.05, 0) is 87.8 Å². The number of aldehydes is 1. The number of aromatic nitrogens is 1. The molecule has 0 spiro atoms. The molecule has 0 bridgehead atoms. The van der Waals surface area contributed by atoms with Gasteiger partial charge >= 0.3 is 0 Å². The van der Waals surface area contributed by atoms with E-state index in [2.05, 4.69) is 41.8 Å². The van der Waals surface area contributed by atoms with Crippen LogP contribution in [0.3, 0.4) is 0 Å². The minimum Gasteiger partial charge on any atom is -0.323 e. The predicted octanol–water partition coefficient (Wildman–Crippen LogP) is 4.56. The smallest absolute Gasteiger partial charge is 0.150 e. The van der Waals surface area contributed by atoms with Gasteiger partial charge in [-0.25, -0.2) is 0 Å². The Kier molecular flexibility index (Phi) is 9.76. The largest absolute Gasteiger partial charge is 0.323 e. The third kappa shape index (κ3) is 6.94. The molecular weight excluding hydrogens is 384 g/mol. The van der Waals surface area contributed by atoms with Crippen molar-refractivity contribution in [3.05, 3.63) is 76.6 Å². The van der Waals surface area contributed by atoms with Crippen molar-refractivity contribution in [3.8, 4) is 0 Å². The zero-order valence-corrected chi connectivity index (χ0v) is 19.4. The second-order valence-corrected chi connectivity index (χ2v) is 8.30. The van der Waals surface area contributed by atoms with Crippen LogP contribution < -0.4 is 5.32 Å². The number of pyridine rings is 1. The van der Waals surface area contributed by atoms with Gasteiger partial charge in [0, 0.05) is 24.3 Å². The lowest BCUT2D eigenvalue weighted by molar-refractivity contribution is 0.112. The van der Waals surface area contributed by atoms with E-state index in [4.69, 9.17) is 5.41 Å². The Bertz CT molecular complexity index is 883. The monoisotopic (exact) mass is 420 g/mol. The second kappa shape index (κ2) is 12.3. The molecule has 1 saturated carbocycles. The van der Waals surface area contributed by atoms with E-state index in [-0.39, 0.29) is 0 Å². The Labute approximate surface area is 187 Å². The first-order chi connectivity index (χ1) is 14.9. The van der Waals surface area contributed by atoms with Crippen molar-refractivity contribution in [2.75, 3.05) is 21.1 Å². The minimum atomic E-state index is 0.321. The molecule has 0 saturated heterocycles. The molecule has 5 heteroatoms.